The number of aliphatic carboxylic acids is 2. The second-order valence-electron chi connectivity index (χ2n) is 2.44. The van der Waals surface area contributed by atoms with E-state index >= 15 is 0 Å². The molecule has 0 aromatic rings. The molecule has 4 nitrogen and oxygen atoms in total. The van der Waals surface area contributed by atoms with Crippen molar-refractivity contribution in [3.8, 4) is 0 Å². The van der Waals surface area contributed by atoms with Gasteiger partial charge in [-0.2, -0.15) is 0 Å². The first kappa shape index (κ1) is 11.4. The number of rotatable bonds is 5. The third-order valence-corrected chi connectivity index (χ3v) is 1.33. The summed E-state index contributed by atoms with van der Waals surface area (Å²) in [6.07, 6.45) is 4.60. The molecule has 4 heteroatoms. The van der Waals surface area contributed by atoms with E-state index in [4.69, 9.17) is 10.2 Å². The van der Waals surface area contributed by atoms with Gasteiger partial charge in [0.25, 0.3) is 0 Å². The number of hydrogen-bond acceptors (Lipinski definition) is 2. The fourth-order valence-corrected chi connectivity index (χ4v) is 0.777. The van der Waals surface area contributed by atoms with E-state index in [0.717, 1.165) is 12.5 Å². The molecule has 0 aliphatic rings. The largest absolute Gasteiger partial charge is 0.478 e. The van der Waals surface area contributed by atoms with Crippen LogP contribution in [0.5, 0.6) is 0 Å². The van der Waals surface area contributed by atoms with Crippen LogP contribution in [0.15, 0.2) is 23.8 Å². The smallest absolute Gasteiger partial charge is 0.331 e. The zero-order chi connectivity index (χ0) is 10.3. The van der Waals surface area contributed by atoms with E-state index in [9.17, 15) is 9.59 Å². The molecule has 13 heavy (non-hydrogen) atoms. The van der Waals surface area contributed by atoms with Crippen molar-refractivity contribution in [3.05, 3.63) is 23.8 Å². The number of carboxylic acid groups (broad SMARTS) is 2. The maximum Gasteiger partial charge on any atom is 0.331 e. The normalized spacial score (nSPS) is 11.9. The van der Waals surface area contributed by atoms with Crippen LogP contribution in [-0.4, -0.2) is 22.2 Å². The molecule has 0 aromatic heterocycles. The van der Waals surface area contributed by atoms with E-state index < -0.39 is 11.9 Å². The van der Waals surface area contributed by atoms with Gasteiger partial charge < -0.3 is 10.2 Å². The van der Waals surface area contributed by atoms with E-state index in [0.29, 0.717) is 6.42 Å². The van der Waals surface area contributed by atoms with Crippen LogP contribution in [0.1, 0.15) is 19.8 Å². The summed E-state index contributed by atoms with van der Waals surface area (Å²) >= 11 is 0. The van der Waals surface area contributed by atoms with Crippen LogP contribution in [0.2, 0.25) is 0 Å². The molecular weight excluding hydrogens is 172 g/mol. The van der Waals surface area contributed by atoms with Gasteiger partial charge in [-0.25, -0.2) is 9.59 Å². The molecule has 0 unspecified atom stereocenters. The van der Waals surface area contributed by atoms with Crippen molar-refractivity contribution < 1.29 is 19.8 Å². The molecule has 2 N–H and O–H groups in total. The highest BCUT2D eigenvalue weighted by Gasteiger charge is 2.03. The summed E-state index contributed by atoms with van der Waals surface area (Å²) < 4.78 is 0. The quantitative estimate of drug-likeness (QED) is 0.500. The lowest BCUT2D eigenvalue weighted by molar-refractivity contribution is -0.133. The first-order chi connectivity index (χ1) is 6.07. The zero-order valence-corrected chi connectivity index (χ0v) is 7.36. The van der Waals surface area contributed by atoms with Crippen molar-refractivity contribution in [3.63, 3.8) is 0 Å². The first-order valence-corrected chi connectivity index (χ1v) is 3.91. The first-order valence-electron chi connectivity index (χ1n) is 3.91. The summed E-state index contributed by atoms with van der Waals surface area (Å²) in [5, 5.41) is 16.9. The third-order valence-electron chi connectivity index (χ3n) is 1.33. The summed E-state index contributed by atoms with van der Waals surface area (Å²) in [6, 6.07) is 0. The standard InChI is InChI=1S/C9H12O4/c1-2-4-7(9(12)13)5-3-6-8(10)11/h3,5-6H,2,4H2,1H3,(H,10,11)(H,12,13). The molecule has 0 aromatic carbocycles. The summed E-state index contributed by atoms with van der Waals surface area (Å²) in [5.74, 6) is -2.09. The summed E-state index contributed by atoms with van der Waals surface area (Å²) in [6.45, 7) is 1.86. The lowest BCUT2D eigenvalue weighted by Crippen LogP contribution is -1.99. The second-order valence-corrected chi connectivity index (χ2v) is 2.44. The van der Waals surface area contributed by atoms with Crippen LogP contribution in [-0.2, 0) is 9.59 Å². The van der Waals surface area contributed by atoms with Crippen LogP contribution >= 0.6 is 0 Å². The molecule has 0 aliphatic carbocycles. The fraction of sp³-hybridized carbons (Fsp3) is 0.333. The van der Waals surface area contributed by atoms with Crippen molar-refractivity contribution in [1.82, 2.24) is 0 Å². The lowest BCUT2D eigenvalue weighted by Gasteiger charge is -1.95. The SMILES string of the molecule is CCCC(=CC=CC(=O)O)C(=O)O. The Labute approximate surface area is 76.2 Å². The Kier molecular flexibility index (Phi) is 5.27. The predicted octanol–water partition coefficient (Wildman–Crippen LogP) is 1.44. The fourth-order valence-electron chi connectivity index (χ4n) is 0.777. The molecule has 0 bridgehead atoms. The molecule has 72 valence electrons. The number of allylic oxidation sites excluding steroid dienone is 2. The Bertz CT molecular complexity index is 250. The minimum atomic E-state index is -1.09. The van der Waals surface area contributed by atoms with E-state index in [1.54, 1.807) is 0 Å². The van der Waals surface area contributed by atoms with Gasteiger partial charge in [0.1, 0.15) is 0 Å². The maximum atomic E-state index is 10.5. The number of carboxylic acids is 2. The van der Waals surface area contributed by atoms with Gasteiger partial charge in [-0.05, 0) is 6.42 Å². The molecular formula is C9H12O4. The van der Waals surface area contributed by atoms with Crippen molar-refractivity contribution >= 4 is 11.9 Å². The van der Waals surface area contributed by atoms with Gasteiger partial charge in [-0.1, -0.05) is 25.5 Å². The summed E-state index contributed by atoms with van der Waals surface area (Å²) in [7, 11) is 0. The van der Waals surface area contributed by atoms with Crippen LogP contribution in [0.4, 0.5) is 0 Å². The number of carbonyl (C=O) groups is 2. The summed E-state index contributed by atoms with van der Waals surface area (Å²) in [4.78, 5) is 20.6. The second kappa shape index (κ2) is 5.99. The van der Waals surface area contributed by atoms with Crippen LogP contribution in [0, 0.1) is 0 Å². The van der Waals surface area contributed by atoms with Crippen molar-refractivity contribution in [1.29, 1.82) is 0 Å². The average Bonchev–Trinajstić information content (AvgIpc) is 2.02. The Morgan fingerprint density at radius 3 is 2.31 bits per heavy atom. The molecule has 0 radical (unpaired) electrons. The molecule has 0 amide bonds. The van der Waals surface area contributed by atoms with E-state index in [-0.39, 0.29) is 5.57 Å². The highest BCUT2D eigenvalue weighted by atomic mass is 16.4. The minimum absolute atomic E-state index is 0.222. The van der Waals surface area contributed by atoms with Crippen molar-refractivity contribution in [2.45, 2.75) is 19.8 Å². The summed E-state index contributed by atoms with van der Waals surface area (Å²) in [5.41, 5.74) is 0.222. The van der Waals surface area contributed by atoms with Crippen LogP contribution in [0.3, 0.4) is 0 Å². The number of hydrogen-bond donors (Lipinski definition) is 2. The van der Waals surface area contributed by atoms with Gasteiger partial charge in [0.15, 0.2) is 0 Å². The average molecular weight is 184 g/mol. The minimum Gasteiger partial charge on any atom is -0.478 e. The molecule has 0 aliphatic heterocycles. The highest BCUT2D eigenvalue weighted by molar-refractivity contribution is 5.87. The van der Waals surface area contributed by atoms with Gasteiger partial charge in [-0.3, -0.25) is 0 Å². The van der Waals surface area contributed by atoms with Crippen molar-refractivity contribution in [2.75, 3.05) is 0 Å². The Morgan fingerprint density at radius 2 is 1.92 bits per heavy atom. The molecule has 0 saturated heterocycles. The highest BCUT2D eigenvalue weighted by Crippen LogP contribution is 2.04. The topological polar surface area (TPSA) is 74.6 Å². The van der Waals surface area contributed by atoms with Crippen molar-refractivity contribution in [2.24, 2.45) is 0 Å². The monoisotopic (exact) mass is 184 g/mol. The van der Waals surface area contributed by atoms with E-state index in [1.165, 1.54) is 12.2 Å². The Morgan fingerprint density at radius 1 is 1.31 bits per heavy atom. The molecule has 0 heterocycles. The molecule has 0 atom stereocenters. The van der Waals surface area contributed by atoms with E-state index in [2.05, 4.69) is 0 Å². The Balaban J connectivity index is 4.36. The molecule has 0 fully saturated rings. The molecule has 0 saturated carbocycles. The van der Waals surface area contributed by atoms with Gasteiger partial charge in [0.05, 0.1) is 0 Å². The maximum absolute atomic E-state index is 10.5. The molecule has 0 spiro atoms. The molecule has 0 rings (SSSR count). The van der Waals surface area contributed by atoms with Gasteiger partial charge in [0.2, 0.25) is 0 Å². The third kappa shape index (κ3) is 5.66. The van der Waals surface area contributed by atoms with Crippen LogP contribution < -0.4 is 0 Å². The van der Waals surface area contributed by atoms with Gasteiger partial charge in [0, 0.05) is 11.6 Å². The lowest BCUT2D eigenvalue weighted by atomic mass is 10.1. The van der Waals surface area contributed by atoms with Gasteiger partial charge >= 0.3 is 11.9 Å². The zero-order valence-electron chi connectivity index (χ0n) is 7.36. The van der Waals surface area contributed by atoms with Crippen LogP contribution in [0.25, 0.3) is 0 Å². The van der Waals surface area contributed by atoms with E-state index in [1.807, 2.05) is 6.92 Å². The predicted molar refractivity (Wildman–Crippen MR) is 47.4 cm³/mol. The van der Waals surface area contributed by atoms with Gasteiger partial charge in [-0.15, -0.1) is 0 Å². The Hall–Kier alpha value is -1.58.